The maximum absolute atomic E-state index is 12.7. The molecule has 0 saturated carbocycles. The molecule has 132 valence electrons. The van der Waals surface area contributed by atoms with Crippen molar-refractivity contribution in [3.05, 3.63) is 23.8 Å². The van der Waals surface area contributed by atoms with Crippen molar-refractivity contribution in [1.82, 2.24) is 10.2 Å². The fraction of sp³-hybridized carbons (Fsp3) is 0.529. The van der Waals surface area contributed by atoms with Gasteiger partial charge in [0.15, 0.2) is 0 Å². The van der Waals surface area contributed by atoms with Gasteiger partial charge in [0.2, 0.25) is 5.91 Å². The normalized spacial score (nSPS) is 17.7. The molecule has 1 aromatic rings. The Kier molecular flexibility index (Phi) is 6.95. The minimum absolute atomic E-state index is 0. The molecule has 0 atom stereocenters. The van der Waals surface area contributed by atoms with Crippen LogP contribution in [-0.4, -0.2) is 49.1 Å². The molecule has 5 nitrogen and oxygen atoms in total. The third-order valence-electron chi connectivity index (χ3n) is 4.56. The Hall–Kier alpha value is -1.24. The zero-order valence-corrected chi connectivity index (χ0v) is 15.5. The van der Waals surface area contributed by atoms with E-state index in [4.69, 9.17) is 0 Å². The Labute approximate surface area is 153 Å². The highest BCUT2D eigenvalue weighted by Gasteiger charge is 2.24. The summed E-state index contributed by atoms with van der Waals surface area (Å²) in [5.41, 5.74) is 1.43. The number of carbonyl (C=O) groups excluding carboxylic acids is 2. The summed E-state index contributed by atoms with van der Waals surface area (Å²) in [4.78, 5) is 27.2. The summed E-state index contributed by atoms with van der Waals surface area (Å²) in [6.07, 6.45) is 3.33. The number of benzene rings is 1. The molecule has 2 heterocycles. The Balaban J connectivity index is 0.00000208. The van der Waals surface area contributed by atoms with E-state index in [1.165, 1.54) is 18.2 Å². The van der Waals surface area contributed by atoms with E-state index in [-0.39, 0.29) is 24.2 Å². The van der Waals surface area contributed by atoms with E-state index in [0.717, 1.165) is 43.1 Å². The molecule has 2 aliphatic heterocycles. The van der Waals surface area contributed by atoms with Crippen molar-refractivity contribution in [1.29, 1.82) is 0 Å². The van der Waals surface area contributed by atoms with Crippen LogP contribution in [0.3, 0.4) is 0 Å². The summed E-state index contributed by atoms with van der Waals surface area (Å²) >= 11 is 1.52. The number of thioether (sulfide) groups is 1. The van der Waals surface area contributed by atoms with Crippen LogP contribution >= 0.6 is 24.2 Å². The van der Waals surface area contributed by atoms with Crippen LogP contribution in [0.1, 0.15) is 29.6 Å². The summed E-state index contributed by atoms with van der Waals surface area (Å²) in [5.74, 6) is 1.23. The van der Waals surface area contributed by atoms with E-state index in [9.17, 15) is 9.59 Å². The third kappa shape index (κ3) is 4.43. The molecule has 0 bridgehead atoms. The largest absolute Gasteiger partial charge is 0.339 e. The number of hydrogen-bond donors (Lipinski definition) is 2. The molecule has 24 heavy (non-hydrogen) atoms. The predicted molar refractivity (Wildman–Crippen MR) is 100 cm³/mol. The Morgan fingerprint density at radius 1 is 1.38 bits per heavy atom. The van der Waals surface area contributed by atoms with E-state index in [0.29, 0.717) is 17.2 Å². The number of carbonyl (C=O) groups is 2. The first kappa shape index (κ1) is 19.1. The first-order valence-electron chi connectivity index (χ1n) is 8.18. The van der Waals surface area contributed by atoms with Crippen LogP contribution in [-0.2, 0) is 4.79 Å². The molecular weight excluding hydrogens is 346 g/mol. The number of fused-ring (bicyclic) bond motifs is 1. The summed E-state index contributed by atoms with van der Waals surface area (Å²) in [5, 5.41) is 6.04. The lowest BCUT2D eigenvalue weighted by Gasteiger charge is -2.32. The van der Waals surface area contributed by atoms with Crippen LogP contribution in [0.25, 0.3) is 0 Å². The second-order valence-electron chi connectivity index (χ2n) is 6.18. The Bertz CT molecular complexity index is 603. The summed E-state index contributed by atoms with van der Waals surface area (Å²) in [6, 6.07) is 5.62. The maximum Gasteiger partial charge on any atom is 0.253 e. The van der Waals surface area contributed by atoms with E-state index in [1.54, 1.807) is 0 Å². The fourth-order valence-corrected chi connectivity index (χ4v) is 3.96. The minimum Gasteiger partial charge on any atom is -0.339 e. The van der Waals surface area contributed by atoms with Crippen molar-refractivity contribution in [2.75, 3.05) is 37.8 Å². The zero-order valence-electron chi connectivity index (χ0n) is 13.8. The molecule has 3 rings (SSSR count). The smallest absolute Gasteiger partial charge is 0.253 e. The van der Waals surface area contributed by atoms with Gasteiger partial charge < -0.3 is 15.5 Å². The molecule has 1 saturated heterocycles. The van der Waals surface area contributed by atoms with Crippen molar-refractivity contribution < 1.29 is 9.59 Å². The number of amides is 2. The lowest BCUT2D eigenvalue weighted by atomic mass is 9.93. The van der Waals surface area contributed by atoms with Gasteiger partial charge in [0.1, 0.15) is 0 Å². The molecule has 7 heteroatoms. The number of piperidine rings is 1. The van der Waals surface area contributed by atoms with Gasteiger partial charge in [0, 0.05) is 23.5 Å². The quantitative estimate of drug-likeness (QED) is 0.856. The van der Waals surface area contributed by atoms with Gasteiger partial charge in [-0.15, -0.1) is 24.2 Å². The SMILES string of the molecule is CNCCC1CCN(C(=O)c2ccc3c(c2)NC(=O)CS3)CC1.Cl. The van der Waals surface area contributed by atoms with E-state index in [2.05, 4.69) is 10.6 Å². The van der Waals surface area contributed by atoms with Crippen LogP contribution in [0.2, 0.25) is 0 Å². The van der Waals surface area contributed by atoms with Gasteiger partial charge in [-0.05, 0) is 57.0 Å². The molecule has 0 spiro atoms. The molecule has 0 aliphatic carbocycles. The first-order valence-corrected chi connectivity index (χ1v) is 9.16. The second kappa shape index (κ2) is 8.74. The number of rotatable bonds is 4. The zero-order chi connectivity index (χ0) is 16.2. The number of likely N-dealkylation sites (tertiary alicyclic amines) is 1. The monoisotopic (exact) mass is 369 g/mol. The van der Waals surface area contributed by atoms with Crippen LogP contribution in [0, 0.1) is 5.92 Å². The number of nitrogens with one attached hydrogen (secondary N) is 2. The van der Waals surface area contributed by atoms with Crippen molar-refractivity contribution >= 4 is 41.7 Å². The fourth-order valence-electron chi connectivity index (χ4n) is 3.17. The molecule has 0 unspecified atom stereocenters. The van der Waals surface area contributed by atoms with E-state index in [1.807, 2.05) is 30.1 Å². The van der Waals surface area contributed by atoms with Crippen LogP contribution in [0.4, 0.5) is 5.69 Å². The molecule has 1 fully saturated rings. The van der Waals surface area contributed by atoms with Gasteiger partial charge in [-0.2, -0.15) is 0 Å². The standard InChI is InChI=1S/C17H23N3O2S.ClH/c1-18-7-4-12-5-8-20(9-6-12)17(22)13-2-3-15-14(10-13)19-16(21)11-23-15;/h2-3,10,12,18H,4-9,11H2,1H3,(H,19,21);1H. The van der Waals surface area contributed by atoms with Crippen LogP contribution in [0.5, 0.6) is 0 Å². The third-order valence-corrected chi connectivity index (χ3v) is 5.64. The molecule has 2 amide bonds. The van der Waals surface area contributed by atoms with Crippen molar-refractivity contribution in [3.63, 3.8) is 0 Å². The van der Waals surface area contributed by atoms with Crippen molar-refractivity contribution in [3.8, 4) is 0 Å². The second-order valence-corrected chi connectivity index (χ2v) is 7.19. The lowest BCUT2D eigenvalue weighted by Crippen LogP contribution is -2.39. The molecule has 0 aromatic heterocycles. The highest BCUT2D eigenvalue weighted by molar-refractivity contribution is 8.00. The number of hydrogen-bond acceptors (Lipinski definition) is 4. The first-order chi connectivity index (χ1) is 11.2. The van der Waals surface area contributed by atoms with Crippen molar-refractivity contribution in [2.24, 2.45) is 5.92 Å². The van der Waals surface area contributed by atoms with Gasteiger partial charge in [-0.25, -0.2) is 0 Å². The van der Waals surface area contributed by atoms with Crippen molar-refractivity contribution in [2.45, 2.75) is 24.2 Å². The summed E-state index contributed by atoms with van der Waals surface area (Å²) in [7, 11) is 1.98. The minimum atomic E-state index is -0.00236. The highest BCUT2D eigenvalue weighted by atomic mass is 35.5. The highest BCUT2D eigenvalue weighted by Crippen LogP contribution is 2.32. The number of anilines is 1. The molecule has 2 aliphatic rings. The van der Waals surface area contributed by atoms with Gasteiger partial charge in [0.25, 0.3) is 5.91 Å². The number of nitrogens with zero attached hydrogens (tertiary/aromatic N) is 1. The topological polar surface area (TPSA) is 61.4 Å². The van der Waals surface area contributed by atoms with E-state index < -0.39 is 0 Å². The van der Waals surface area contributed by atoms with Crippen LogP contribution < -0.4 is 10.6 Å². The van der Waals surface area contributed by atoms with Crippen LogP contribution in [0.15, 0.2) is 23.1 Å². The predicted octanol–water partition coefficient (Wildman–Crippen LogP) is 2.61. The average Bonchev–Trinajstić information content (AvgIpc) is 2.59. The molecular formula is C17H24ClN3O2S. The van der Waals surface area contributed by atoms with E-state index >= 15 is 0 Å². The van der Waals surface area contributed by atoms with Gasteiger partial charge in [-0.1, -0.05) is 0 Å². The molecule has 0 radical (unpaired) electrons. The van der Waals surface area contributed by atoms with Gasteiger partial charge in [-0.3, -0.25) is 9.59 Å². The molecule has 1 aromatic carbocycles. The average molecular weight is 370 g/mol. The maximum atomic E-state index is 12.7. The summed E-state index contributed by atoms with van der Waals surface area (Å²) in [6.45, 7) is 2.69. The van der Waals surface area contributed by atoms with Gasteiger partial charge >= 0.3 is 0 Å². The molecule has 2 N–H and O–H groups in total. The Morgan fingerprint density at radius 3 is 2.83 bits per heavy atom. The number of halogens is 1. The Morgan fingerprint density at radius 2 is 2.12 bits per heavy atom. The van der Waals surface area contributed by atoms with Gasteiger partial charge in [0.05, 0.1) is 11.4 Å². The summed E-state index contributed by atoms with van der Waals surface area (Å²) < 4.78 is 0. The lowest BCUT2D eigenvalue weighted by molar-refractivity contribution is -0.113.